The Morgan fingerprint density at radius 2 is 1.71 bits per heavy atom. The lowest BCUT2D eigenvalue weighted by Crippen LogP contribution is -2.05. The molecule has 2 N–H and O–H groups in total. The van der Waals surface area contributed by atoms with Crippen LogP contribution in [0.1, 0.15) is 11.5 Å². The molecule has 2 aromatic carbocycles. The van der Waals surface area contributed by atoms with Crippen LogP contribution in [0.15, 0.2) is 60.7 Å². The molecule has 0 spiro atoms. The van der Waals surface area contributed by atoms with Gasteiger partial charge < -0.3 is 10.3 Å². The van der Waals surface area contributed by atoms with Crippen molar-refractivity contribution in [2.45, 2.75) is 13.5 Å². The first kappa shape index (κ1) is 14.4. The fourth-order valence-corrected chi connectivity index (χ4v) is 2.64. The molecular formula is C19H17N5. The zero-order chi connectivity index (χ0) is 16.4. The van der Waals surface area contributed by atoms with E-state index in [1.54, 1.807) is 0 Å². The molecule has 0 aliphatic heterocycles. The maximum absolute atomic E-state index is 4.61. The molecule has 0 radical (unpaired) electrons. The van der Waals surface area contributed by atoms with E-state index in [0.29, 0.717) is 6.54 Å². The molecule has 0 bridgehead atoms. The van der Waals surface area contributed by atoms with Gasteiger partial charge in [-0.3, -0.25) is 0 Å². The number of benzene rings is 2. The van der Waals surface area contributed by atoms with Crippen molar-refractivity contribution in [3.05, 3.63) is 72.2 Å². The maximum Gasteiger partial charge on any atom is 0.161 e. The molecule has 0 aliphatic rings. The van der Waals surface area contributed by atoms with Crippen LogP contribution in [0.25, 0.3) is 22.4 Å². The third-order valence-electron chi connectivity index (χ3n) is 3.76. The van der Waals surface area contributed by atoms with Gasteiger partial charge in [0.2, 0.25) is 0 Å². The average Bonchev–Trinajstić information content (AvgIpc) is 3.03. The first-order chi connectivity index (χ1) is 11.8. The van der Waals surface area contributed by atoms with E-state index in [4.69, 9.17) is 0 Å². The average molecular weight is 315 g/mol. The SMILES string of the molecule is Cc1cc(NCc2nc3ccccc3[nH]2)nc(-c2ccccc2)n1. The molecule has 24 heavy (non-hydrogen) atoms. The number of anilines is 1. The highest BCUT2D eigenvalue weighted by atomic mass is 15.1. The van der Waals surface area contributed by atoms with E-state index < -0.39 is 0 Å². The standard InChI is InChI=1S/C19H17N5/c1-13-11-17(24-19(21-13)14-7-3-2-4-8-14)20-12-18-22-15-9-5-6-10-16(15)23-18/h2-11H,12H2,1H3,(H,22,23)(H,20,21,24). The van der Waals surface area contributed by atoms with Crippen molar-refractivity contribution < 1.29 is 0 Å². The van der Waals surface area contributed by atoms with Crippen LogP contribution in [0.5, 0.6) is 0 Å². The van der Waals surface area contributed by atoms with E-state index in [1.807, 2.05) is 67.6 Å². The topological polar surface area (TPSA) is 66.5 Å². The van der Waals surface area contributed by atoms with Crippen molar-refractivity contribution in [1.82, 2.24) is 19.9 Å². The molecular weight excluding hydrogens is 298 g/mol. The molecule has 118 valence electrons. The summed E-state index contributed by atoms with van der Waals surface area (Å²) in [5.74, 6) is 2.40. The van der Waals surface area contributed by atoms with Crippen LogP contribution in [0, 0.1) is 6.92 Å². The van der Waals surface area contributed by atoms with Crippen molar-refractivity contribution in [3.8, 4) is 11.4 Å². The molecule has 4 rings (SSSR count). The molecule has 0 saturated carbocycles. The van der Waals surface area contributed by atoms with Gasteiger partial charge in [-0.1, -0.05) is 42.5 Å². The third kappa shape index (κ3) is 2.96. The zero-order valence-electron chi connectivity index (χ0n) is 13.3. The summed E-state index contributed by atoms with van der Waals surface area (Å²) >= 11 is 0. The van der Waals surface area contributed by atoms with Crippen molar-refractivity contribution in [3.63, 3.8) is 0 Å². The molecule has 0 aliphatic carbocycles. The predicted molar refractivity (Wildman–Crippen MR) is 95.6 cm³/mol. The molecule has 2 heterocycles. The minimum Gasteiger partial charge on any atom is -0.363 e. The highest BCUT2D eigenvalue weighted by Crippen LogP contribution is 2.18. The minimum atomic E-state index is 0.583. The van der Waals surface area contributed by atoms with Gasteiger partial charge in [0.25, 0.3) is 0 Å². The number of nitrogens with one attached hydrogen (secondary N) is 2. The second-order valence-corrected chi connectivity index (χ2v) is 5.64. The number of imidazole rings is 1. The van der Waals surface area contributed by atoms with E-state index in [9.17, 15) is 0 Å². The number of nitrogens with zero attached hydrogens (tertiary/aromatic N) is 3. The first-order valence-corrected chi connectivity index (χ1v) is 7.86. The minimum absolute atomic E-state index is 0.583. The predicted octanol–water partition coefficient (Wildman–Crippen LogP) is 3.94. The number of aryl methyl sites for hydroxylation is 1. The largest absolute Gasteiger partial charge is 0.363 e. The molecule has 5 heteroatoms. The number of para-hydroxylation sites is 2. The Hall–Kier alpha value is -3.21. The summed E-state index contributed by atoms with van der Waals surface area (Å²) in [4.78, 5) is 17.0. The number of aromatic amines is 1. The van der Waals surface area contributed by atoms with Crippen LogP contribution >= 0.6 is 0 Å². The highest BCUT2D eigenvalue weighted by Gasteiger charge is 2.06. The molecule has 0 fully saturated rings. The number of fused-ring (bicyclic) bond motifs is 1. The van der Waals surface area contributed by atoms with Gasteiger partial charge in [0.15, 0.2) is 5.82 Å². The molecule has 4 aromatic rings. The van der Waals surface area contributed by atoms with Gasteiger partial charge >= 0.3 is 0 Å². The van der Waals surface area contributed by atoms with Crippen molar-refractivity contribution in [2.75, 3.05) is 5.32 Å². The number of hydrogen-bond donors (Lipinski definition) is 2. The second kappa shape index (κ2) is 6.12. The highest BCUT2D eigenvalue weighted by molar-refractivity contribution is 5.74. The van der Waals surface area contributed by atoms with E-state index in [0.717, 1.165) is 39.8 Å². The third-order valence-corrected chi connectivity index (χ3v) is 3.76. The number of hydrogen-bond acceptors (Lipinski definition) is 4. The van der Waals surface area contributed by atoms with Gasteiger partial charge in [-0.25, -0.2) is 15.0 Å². The van der Waals surface area contributed by atoms with E-state index in [-0.39, 0.29) is 0 Å². The van der Waals surface area contributed by atoms with Crippen LogP contribution in [-0.2, 0) is 6.54 Å². The normalized spacial score (nSPS) is 10.9. The van der Waals surface area contributed by atoms with Gasteiger partial charge in [0.1, 0.15) is 11.6 Å². The molecule has 0 amide bonds. The van der Waals surface area contributed by atoms with E-state index >= 15 is 0 Å². The van der Waals surface area contributed by atoms with Crippen LogP contribution < -0.4 is 5.32 Å². The summed E-state index contributed by atoms with van der Waals surface area (Å²) in [6.07, 6.45) is 0. The summed E-state index contributed by atoms with van der Waals surface area (Å²) in [6.45, 7) is 2.56. The fraction of sp³-hybridized carbons (Fsp3) is 0.105. The Labute approximate surface area is 139 Å². The molecule has 0 atom stereocenters. The lowest BCUT2D eigenvalue weighted by molar-refractivity contribution is 0.987. The van der Waals surface area contributed by atoms with E-state index in [2.05, 4.69) is 25.3 Å². The Morgan fingerprint density at radius 1 is 0.917 bits per heavy atom. The fourth-order valence-electron chi connectivity index (χ4n) is 2.64. The molecule has 2 aromatic heterocycles. The van der Waals surface area contributed by atoms with Crippen LogP contribution in [0.2, 0.25) is 0 Å². The Bertz CT molecular complexity index is 942. The number of rotatable bonds is 4. The number of aromatic nitrogens is 4. The molecule has 0 saturated heterocycles. The first-order valence-electron chi connectivity index (χ1n) is 7.86. The Kier molecular flexibility index (Phi) is 3.67. The summed E-state index contributed by atoms with van der Waals surface area (Å²) in [5, 5.41) is 3.33. The second-order valence-electron chi connectivity index (χ2n) is 5.64. The van der Waals surface area contributed by atoms with Crippen molar-refractivity contribution >= 4 is 16.9 Å². The van der Waals surface area contributed by atoms with Gasteiger partial charge in [-0.05, 0) is 19.1 Å². The van der Waals surface area contributed by atoms with Gasteiger partial charge in [-0.2, -0.15) is 0 Å². The summed E-state index contributed by atoms with van der Waals surface area (Å²) < 4.78 is 0. The van der Waals surface area contributed by atoms with Crippen LogP contribution in [0.4, 0.5) is 5.82 Å². The molecule has 5 nitrogen and oxygen atoms in total. The monoisotopic (exact) mass is 315 g/mol. The summed E-state index contributed by atoms with van der Waals surface area (Å²) in [5.41, 5.74) is 3.94. The number of H-pyrrole nitrogens is 1. The maximum atomic E-state index is 4.61. The van der Waals surface area contributed by atoms with Crippen LogP contribution in [-0.4, -0.2) is 19.9 Å². The lowest BCUT2D eigenvalue weighted by Gasteiger charge is -2.07. The molecule has 0 unspecified atom stereocenters. The summed E-state index contributed by atoms with van der Waals surface area (Å²) in [7, 11) is 0. The van der Waals surface area contributed by atoms with Gasteiger partial charge in [0.05, 0.1) is 17.6 Å². The van der Waals surface area contributed by atoms with Crippen molar-refractivity contribution in [2.24, 2.45) is 0 Å². The van der Waals surface area contributed by atoms with E-state index in [1.165, 1.54) is 0 Å². The lowest BCUT2D eigenvalue weighted by atomic mass is 10.2. The van der Waals surface area contributed by atoms with Gasteiger partial charge in [0, 0.05) is 17.3 Å². The Balaban J connectivity index is 1.57. The van der Waals surface area contributed by atoms with Gasteiger partial charge in [-0.15, -0.1) is 0 Å². The Morgan fingerprint density at radius 3 is 2.54 bits per heavy atom. The smallest absolute Gasteiger partial charge is 0.161 e. The van der Waals surface area contributed by atoms with Crippen molar-refractivity contribution in [1.29, 1.82) is 0 Å². The quantitative estimate of drug-likeness (QED) is 0.598. The van der Waals surface area contributed by atoms with Crippen LogP contribution in [0.3, 0.4) is 0 Å². The summed E-state index contributed by atoms with van der Waals surface area (Å²) in [6, 6.07) is 19.9. The zero-order valence-corrected chi connectivity index (χ0v) is 13.3.